The van der Waals surface area contributed by atoms with Gasteiger partial charge in [0, 0.05) is 23.6 Å². The second kappa shape index (κ2) is 6.91. The predicted octanol–water partition coefficient (Wildman–Crippen LogP) is 2.57. The first kappa shape index (κ1) is 16.0. The smallest absolute Gasteiger partial charge is 0.257 e. The number of nitrogens with zero attached hydrogens (tertiary/aromatic N) is 2. The Morgan fingerprint density at radius 3 is 2.53 bits per heavy atom. The van der Waals surface area contributed by atoms with Crippen LogP contribution in [0.25, 0.3) is 0 Å². The molecule has 0 saturated heterocycles. The first-order chi connectivity index (χ1) is 8.86. The number of benzene rings is 1. The zero-order valence-corrected chi connectivity index (χ0v) is 13.4. The van der Waals surface area contributed by atoms with Gasteiger partial charge >= 0.3 is 0 Å². The number of amides is 1. The molecule has 4 nitrogen and oxygen atoms in total. The molecule has 1 rings (SSSR count). The lowest BCUT2D eigenvalue weighted by molar-refractivity contribution is 0.0676. The van der Waals surface area contributed by atoms with E-state index in [1.54, 1.807) is 17.0 Å². The van der Waals surface area contributed by atoms with Gasteiger partial charge in [-0.05, 0) is 46.1 Å². The summed E-state index contributed by atoms with van der Waals surface area (Å²) in [6, 6.07) is 5.04. The second-order valence-corrected chi connectivity index (χ2v) is 5.78. The van der Waals surface area contributed by atoms with E-state index in [4.69, 9.17) is 0 Å². The molecule has 0 saturated carbocycles. The van der Waals surface area contributed by atoms with Crippen LogP contribution in [0.1, 0.15) is 24.2 Å². The highest BCUT2D eigenvalue weighted by atomic mass is 79.9. The summed E-state index contributed by atoms with van der Waals surface area (Å²) in [5, 5.41) is 9.88. The van der Waals surface area contributed by atoms with Crippen molar-refractivity contribution in [1.29, 1.82) is 0 Å². The first-order valence-electron chi connectivity index (χ1n) is 6.31. The minimum atomic E-state index is -0.137. The van der Waals surface area contributed by atoms with E-state index < -0.39 is 0 Å². The number of halogens is 1. The van der Waals surface area contributed by atoms with Crippen LogP contribution in [0.15, 0.2) is 22.7 Å². The summed E-state index contributed by atoms with van der Waals surface area (Å²) in [6.07, 6.45) is 0. The third-order valence-electron chi connectivity index (χ3n) is 2.95. The average Bonchev–Trinajstić information content (AvgIpc) is 2.28. The summed E-state index contributed by atoms with van der Waals surface area (Å²) in [5.41, 5.74) is 0.343. The summed E-state index contributed by atoms with van der Waals surface area (Å²) in [5.74, 6) is -0.128. The molecule has 106 valence electrons. The molecule has 0 radical (unpaired) electrons. The molecule has 1 amide bonds. The average molecular weight is 329 g/mol. The molecule has 5 heteroatoms. The van der Waals surface area contributed by atoms with E-state index in [0.717, 1.165) is 11.0 Å². The van der Waals surface area contributed by atoms with Crippen LogP contribution in [0, 0.1) is 0 Å². The molecular weight excluding hydrogens is 308 g/mol. The van der Waals surface area contributed by atoms with Gasteiger partial charge in [-0.2, -0.15) is 0 Å². The normalized spacial score (nSPS) is 12.5. The Bertz CT molecular complexity index is 449. The zero-order valence-electron chi connectivity index (χ0n) is 11.9. The van der Waals surface area contributed by atoms with Gasteiger partial charge in [0.1, 0.15) is 5.75 Å². The predicted molar refractivity (Wildman–Crippen MR) is 80.5 cm³/mol. The second-order valence-electron chi connectivity index (χ2n) is 4.86. The largest absolute Gasteiger partial charge is 0.507 e. The Morgan fingerprint density at radius 2 is 2.05 bits per heavy atom. The van der Waals surface area contributed by atoms with Gasteiger partial charge in [-0.3, -0.25) is 4.79 Å². The number of phenols is 1. The highest BCUT2D eigenvalue weighted by Crippen LogP contribution is 2.24. The minimum Gasteiger partial charge on any atom is -0.507 e. The number of carbonyl (C=O) groups is 1. The van der Waals surface area contributed by atoms with Gasteiger partial charge in [-0.1, -0.05) is 15.9 Å². The van der Waals surface area contributed by atoms with E-state index >= 15 is 0 Å². The Kier molecular flexibility index (Phi) is 5.82. The molecule has 1 unspecified atom stereocenters. The van der Waals surface area contributed by atoms with Gasteiger partial charge in [0.15, 0.2) is 0 Å². The van der Waals surface area contributed by atoms with Crippen molar-refractivity contribution >= 4 is 21.8 Å². The van der Waals surface area contributed by atoms with Gasteiger partial charge in [0.2, 0.25) is 0 Å². The van der Waals surface area contributed by atoms with E-state index in [0.29, 0.717) is 12.1 Å². The van der Waals surface area contributed by atoms with Crippen molar-refractivity contribution < 1.29 is 9.90 Å². The van der Waals surface area contributed by atoms with Gasteiger partial charge in [-0.15, -0.1) is 0 Å². The van der Waals surface area contributed by atoms with Crippen LogP contribution >= 0.6 is 15.9 Å². The molecule has 0 heterocycles. The summed E-state index contributed by atoms with van der Waals surface area (Å²) >= 11 is 3.27. The van der Waals surface area contributed by atoms with Crippen molar-refractivity contribution in [2.45, 2.75) is 19.9 Å². The zero-order chi connectivity index (χ0) is 14.6. The Hall–Kier alpha value is -1.07. The summed E-state index contributed by atoms with van der Waals surface area (Å²) in [4.78, 5) is 16.3. The Balaban J connectivity index is 2.95. The van der Waals surface area contributed by atoms with Crippen LogP contribution in [0.3, 0.4) is 0 Å². The molecule has 0 aliphatic rings. The Labute approximate surface area is 123 Å². The number of hydrogen-bond donors (Lipinski definition) is 1. The highest BCUT2D eigenvalue weighted by molar-refractivity contribution is 9.10. The molecule has 19 heavy (non-hydrogen) atoms. The minimum absolute atomic E-state index is 0.00915. The maximum absolute atomic E-state index is 12.5. The molecule has 1 aromatic carbocycles. The molecule has 0 aliphatic heterocycles. The van der Waals surface area contributed by atoms with Gasteiger partial charge in [-0.25, -0.2) is 0 Å². The number of hydrogen-bond acceptors (Lipinski definition) is 3. The lowest BCUT2D eigenvalue weighted by Gasteiger charge is -2.30. The highest BCUT2D eigenvalue weighted by Gasteiger charge is 2.22. The van der Waals surface area contributed by atoms with Crippen molar-refractivity contribution in [1.82, 2.24) is 9.80 Å². The van der Waals surface area contributed by atoms with Crippen LogP contribution < -0.4 is 0 Å². The molecular formula is C14H21BrN2O2. The fraction of sp³-hybridized carbons (Fsp3) is 0.500. The van der Waals surface area contributed by atoms with E-state index in [2.05, 4.69) is 15.9 Å². The van der Waals surface area contributed by atoms with Crippen molar-refractivity contribution in [2.24, 2.45) is 0 Å². The van der Waals surface area contributed by atoms with Crippen molar-refractivity contribution in [2.75, 3.05) is 27.2 Å². The molecule has 0 spiro atoms. The number of aromatic hydroxyl groups is 1. The van der Waals surface area contributed by atoms with E-state index in [1.165, 1.54) is 6.07 Å². The van der Waals surface area contributed by atoms with E-state index in [9.17, 15) is 9.90 Å². The summed E-state index contributed by atoms with van der Waals surface area (Å²) in [7, 11) is 3.96. The van der Waals surface area contributed by atoms with Gasteiger partial charge < -0.3 is 14.9 Å². The maximum Gasteiger partial charge on any atom is 0.257 e. The molecule has 0 aromatic heterocycles. The molecule has 1 N–H and O–H groups in total. The SMILES string of the molecule is CCN(C(=O)c1ccc(Br)cc1O)C(C)CN(C)C. The fourth-order valence-electron chi connectivity index (χ4n) is 2.12. The van der Waals surface area contributed by atoms with Crippen molar-refractivity contribution in [3.05, 3.63) is 28.2 Å². The number of carbonyl (C=O) groups excluding carboxylic acids is 1. The summed E-state index contributed by atoms with van der Waals surface area (Å²) < 4.78 is 0.755. The standard InChI is InChI=1S/C14H21BrN2O2/c1-5-17(10(2)9-16(3)4)14(19)12-7-6-11(15)8-13(12)18/h6-8,10,18H,5,9H2,1-4H3. The topological polar surface area (TPSA) is 43.8 Å². The van der Waals surface area contributed by atoms with Crippen molar-refractivity contribution in [3.63, 3.8) is 0 Å². The molecule has 0 fully saturated rings. The van der Waals surface area contributed by atoms with Gasteiger partial charge in [0.25, 0.3) is 5.91 Å². The molecule has 1 aromatic rings. The lowest BCUT2D eigenvalue weighted by Crippen LogP contribution is -2.43. The molecule has 1 atom stereocenters. The van der Waals surface area contributed by atoms with Crippen LogP contribution in [-0.2, 0) is 0 Å². The number of phenolic OH excluding ortho intramolecular Hbond substituents is 1. The lowest BCUT2D eigenvalue weighted by atomic mass is 10.1. The maximum atomic E-state index is 12.5. The van der Waals surface area contributed by atoms with Crippen LogP contribution in [-0.4, -0.2) is 54.0 Å². The summed E-state index contributed by atoms with van der Waals surface area (Å²) in [6.45, 7) is 5.36. The quantitative estimate of drug-likeness (QED) is 0.903. The molecule has 0 aliphatic carbocycles. The Morgan fingerprint density at radius 1 is 1.42 bits per heavy atom. The number of rotatable bonds is 5. The first-order valence-corrected chi connectivity index (χ1v) is 7.10. The van der Waals surface area contributed by atoms with E-state index in [-0.39, 0.29) is 17.7 Å². The van der Waals surface area contributed by atoms with Crippen molar-refractivity contribution in [3.8, 4) is 5.75 Å². The van der Waals surface area contributed by atoms with Gasteiger partial charge in [0.05, 0.1) is 5.56 Å². The number of likely N-dealkylation sites (N-methyl/N-ethyl adjacent to an activating group) is 2. The van der Waals surface area contributed by atoms with Crippen LogP contribution in [0.5, 0.6) is 5.75 Å². The molecule has 0 bridgehead atoms. The van der Waals surface area contributed by atoms with E-state index in [1.807, 2.05) is 32.8 Å². The fourth-order valence-corrected chi connectivity index (χ4v) is 2.47. The van der Waals surface area contributed by atoms with Crippen LogP contribution in [0.2, 0.25) is 0 Å². The third kappa shape index (κ3) is 4.21. The third-order valence-corrected chi connectivity index (χ3v) is 3.45. The monoisotopic (exact) mass is 328 g/mol. The van der Waals surface area contributed by atoms with Crippen LogP contribution in [0.4, 0.5) is 0 Å².